The molecule has 100 valence electrons. The lowest BCUT2D eigenvalue weighted by molar-refractivity contribution is 0.0865. The minimum absolute atomic E-state index is 0.135. The first kappa shape index (κ1) is 14.8. The molecule has 0 saturated carbocycles. The number of nitrogens with zero attached hydrogens (tertiary/aromatic N) is 1. The van der Waals surface area contributed by atoms with Crippen LogP contribution < -0.4 is 0 Å². The highest BCUT2D eigenvalue weighted by atomic mass is 19.1. The van der Waals surface area contributed by atoms with Crippen molar-refractivity contribution in [3.8, 4) is 0 Å². The second-order valence-electron chi connectivity index (χ2n) is 4.82. The van der Waals surface area contributed by atoms with E-state index < -0.39 is 11.9 Å². The van der Waals surface area contributed by atoms with Crippen LogP contribution in [0.3, 0.4) is 0 Å². The maximum absolute atomic E-state index is 13.5. The summed E-state index contributed by atoms with van der Waals surface area (Å²) in [7, 11) is 1.83. The molecule has 1 aromatic rings. The summed E-state index contributed by atoms with van der Waals surface area (Å²) in [6.45, 7) is 4.46. The van der Waals surface area contributed by atoms with Crippen LogP contribution in [0.2, 0.25) is 0 Å². The summed E-state index contributed by atoms with van der Waals surface area (Å²) in [6.07, 6.45) is -0.439. The molecule has 0 radical (unpaired) electrons. The second-order valence-corrected chi connectivity index (χ2v) is 4.82. The first-order valence-corrected chi connectivity index (χ1v) is 6.07. The number of halogens is 1. The number of hydrogen-bond donors (Lipinski definition) is 1. The van der Waals surface area contributed by atoms with Crippen LogP contribution in [0.4, 0.5) is 4.39 Å². The van der Waals surface area contributed by atoms with Crippen LogP contribution in [0.25, 0.3) is 0 Å². The van der Waals surface area contributed by atoms with Crippen LogP contribution in [0.1, 0.15) is 24.2 Å². The van der Waals surface area contributed by atoms with Crippen molar-refractivity contribution in [3.05, 3.63) is 35.6 Å². The Labute approximate surface area is 107 Å². The summed E-state index contributed by atoms with van der Waals surface area (Å²) in [6, 6.07) is 6.02. The lowest BCUT2D eigenvalue weighted by Crippen LogP contribution is -2.33. The number of benzene rings is 1. The van der Waals surface area contributed by atoms with Crippen molar-refractivity contribution in [1.29, 1.82) is 0 Å². The molecule has 0 aliphatic rings. The number of aliphatic hydroxyl groups is 1. The van der Waals surface area contributed by atoms with Crippen LogP contribution >= 0.6 is 0 Å². The van der Waals surface area contributed by atoms with Crippen molar-refractivity contribution in [1.82, 2.24) is 4.90 Å². The van der Waals surface area contributed by atoms with Gasteiger partial charge in [-0.2, -0.15) is 0 Å². The van der Waals surface area contributed by atoms with Gasteiger partial charge in [-0.15, -0.1) is 0 Å². The smallest absolute Gasteiger partial charge is 0.169 e. The van der Waals surface area contributed by atoms with E-state index in [4.69, 9.17) is 0 Å². The van der Waals surface area contributed by atoms with E-state index >= 15 is 0 Å². The fourth-order valence-corrected chi connectivity index (χ4v) is 2.00. The number of carbonyl (C=O) groups is 1. The van der Waals surface area contributed by atoms with Gasteiger partial charge in [0.15, 0.2) is 5.78 Å². The van der Waals surface area contributed by atoms with Gasteiger partial charge in [0.25, 0.3) is 0 Å². The van der Waals surface area contributed by atoms with E-state index in [1.807, 2.05) is 11.9 Å². The van der Waals surface area contributed by atoms with Gasteiger partial charge in [0.2, 0.25) is 0 Å². The number of aliphatic hydroxyl groups excluding tert-OH is 1. The Bertz CT molecular complexity index is 407. The van der Waals surface area contributed by atoms with Crippen LogP contribution in [0.5, 0.6) is 0 Å². The van der Waals surface area contributed by atoms with Gasteiger partial charge in [0.1, 0.15) is 5.82 Å². The monoisotopic (exact) mass is 253 g/mol. The molecule has 1 rings (SSSR count). The minimum atomic E-state index is -0.479. The summed E-state index contributed by atoms with van der Waals surface area (Å²) in [5.74, 6) is -0.983. The number of ketones is 1. The van der Waals surface area contributed by atoms with Crippen LogP contribution in [0.15, 0.2) is 24.3 Å². The summed E-state index contributed by atoms with van der Waals surface area (Å²) in [5, 5.41) is 9.25. The third-order valence-corrected chi connectivity index (χ3v) is 2.75. The van der Waals surface area contributed by atoms with E-state index in [9.17, 15) is 14.3 Å². The molecule has 2 atom stereocenters. The number of likely N-dealkylation sites (N-methyl/N-ethyl adjacent to an activating group) is 1. The van der Waals surface area contributed by atoms with Gasteiger partial charge in [-0.25, -0.2) is 4.39 Å². The Morgan fingerprint density at radius 1 is 1.33 bits per heavy atom. The SMILES string of the molecule is CC(O)CN(C)CC(C)C(=O)c1ccccc1F. The highest BCUT2D eigenvalue weighted by molar-refractivity contribution is 5.98. The molecule has 0 aliphatic heterocycles. The van der Waals surface area contributed by atoms with Crippen LogP contribution in [0, 0.1) is 11.7 Å². The Kier molecular flexibility index (Phi) is 5.44. The van der Waals surface area contributed by atoms with Gasteiger partial charge in [0, 0.05) is 19.0 Å². The van der Waals surface area contributed by atoms with Crippen molar-refractivity contribution in [2.24, 2.45) is 5.92 Å². The molecule has 1 aromatic carbocycles. The molecule has 0 fully saturated rings. The highest BCUT2D eigenvalue weighted by Gasteiger charge is 2.20. The Morgan fingerprint density at radius 3 is 2.50 bits per heavy atom. The molecule has 3 nitrogen and oxygen atoms in total. The van der Waals surface area contributed by atoms with Crippen molar-refractivity contribution in [2.45, 2.75) is 20.0 Å². The van der Waals surface area contributed by atoms with Crippen LogP contribution in [-0.4, -0.2) is 42.0 Å². The number of hydrogen-bond acceptors (Lipinski definition) is 3. The molecule has 0 spiro atoms. The predicted octanol–water partition coefficient (Wildman–Crippen LogP) is 1.96. The molecule has 0 aliphatic carbocycles. The topological polar surface area (TPSA) is 40.5 Å². The molecule has 1 N–H and O–H groups in total. The average Bonchev–Trinajstić information content (AvgIpc) is 2.27. The number of carbonyl (C=O) groups excluding carboxylic acids is 1. The summed E-state index contributed by atoms with van der Waals surface area (Å²) in [4.78, 5) is 13.9. The Hall–Kier alpha value is -1.26. The van der Waals surface area contributed by atoms with Gasteiger partial charge in [-0.1, -0.05) is 19.1 Å². The minimum Gasteiger partial charge on any atom is -0.392 e. The molecule has 0 amide bonds. The molecule has 0 saturated heterocycles. The maximum atomic E-state index is 13.5. The molecular weight excluding hydrogens is 233 g/mol. The highest BCUT2D eigenvalue weighted by Crippen LogP contribution is 2.13. The fraction of sp³-hybridized carbons (Fsp3) is 0.500. The van der Waals surface area contributed by atoms with E-state index in [1.54, 1.807) is 26.0 Å². The lowest BCUT2D eigenvalue weighted by atomic mass is 9.98. The van der Waals surface area contributed by atoms with Crippen molar-refractivity contribution in [3.63, 3.8) is 0 Å². The zero-order chi connectivity index (χ0) is 13.7. The van der Waals surface area contributed by atoms with Crippen LogP contribution in [-0.2, 0) is 0 Å². The zero-order valence-corrected chi connectivity index (χ0v) is 11.1. The standard InChI is InChI=1S/C14H20FNO2/c1-10(8-16(3)9-11(2)17)14(18)12-6-4-5-7-13(12)15/h4-7,10-11,17H,8-9H2,1-3H3. The zero-order valence-electron chi connectivity index (χ0n) is 11.1. The van der Waals surface area contributed by atoms with Gasteiger partial charge in [0.05, 0.1) is 11.7 Å². The summed E-state index contributed by atoms with van der Waals surface area (Å²) >= 11 is 0. The van der Waals surface area contributed by atoms with Crippen molar-refractivity contribution < 1.29 is 14.3 Å². The average molecular weight is 253 g/mol. The van der Waals surface area contributed by atoms with Crippen molar-refractivity contribution >= 4 is 5.78 Å². The third-order valence-electron chi connectivity index (χ3n) is 2.75. The first-order chi connectivity index (χ1) is 8.41. The molecule has 18 heavy (non-hydrogen) atoms. The molecule has 0 bridgehead atoms. The first-order valence-electron chi connectivity index (χ1n) is 6.07. The van der Waals surface area contributed by atoms with E-state index in [2.05, 4.69) is 0 Å². The summed E-state index contributed by atoms with van der Waals surface area (Å²) < 4.78 is 13.5. The quantitative estimate of drug-likeness (QED) is 0.788. The van der Waals surface area contributed by atoms with E-state index in [1.165, 1.54) is 12.1 Å². The molecule has 0 heterocycles. The molecule has 2 unspecified atom stereocenters. The van der Waals surface area contributed by atoms with E-state index in [0.29, 0.717) is 13.1 Å². The normalized spacial score (nSPS) is 14.6. The van der Waals surface area contributed by atoms with Crippen molar-refractivity contribution in [2.75, 3.05) is 20.1 Å². The largest absolute Gasteiger partial charge is 0.392 e. The third kappa shape index (κ3) is 4.20. The van der Waals surface area contributed by atoms with Gasteiger partial charge in [-0.3, -0.25) is 4.79 Å². The predicted molar refractivity (Wildman–Crippen MR) is 69.1 cm³/mol. The summed E-state index contributed by atoms with van der Waals surface area (Å²) in [5.41, 5.74) is 0.135. The lowest BCUT2D eigenvalue weighted by Gasteiger charge is -2.21. The maximum Gasteiger partial charge on any atom is 0.169 e. The Balaban J connectivity index is 2.65. The Morgan fingerprint density at radius 2 is 1.94 bits per heavy atom. The van der Waals surface area contributed by atoms with Gasteiger partial charge in [-0.05, 0) is 26.1 Å². The number of Topliss-reactive ketones (excluding diaryl/α,β-unsaturated/α-hetero) is 1. The second kappa shape index (κ2) is 6.61. The van der Waals surface area contributed by atoms with Gasteiger partial charge >= 0.3 is 0 Å². The van der Waals surface area contributed by atoms with Gasteiger partial charge < -0.3 is 10.0 Å². The number of rotatable bonds is 6. The molecule has 0 aromatic heterocycles. The molecular formula is C14H20FNO2. The van der Waals surface area contributed by atoms with E-state index in [-0.39, 0.29) is 17.3 Å². The van der Waals surface area contributed by atoms with E-state index in [0.717, 1.165) is 0 Å². The fourth-order valence-electron chi connectivity index (χ4n) is 2.00. The molecule has 4 heteroatoms.